The molecule has 0 N–H and O–H groups in total. The number of anilines is 1. The van der Waals surface area contributed by atoms with Gasteiger partial charge in [0.2, 0.25) is 5.91 Å². The molecule has 1 aromatic carbocycles. The lowest BCUT2D eigenvalue weighted by Gasteiger charge is -2.24. The zero-order valence-corrected chi connectivity index (χ0v) is 11.5. The lowest BCUT2D eigenvalue weighted by molar-refractivity contribution is -0.131. The lowest BCUT2D eigenvalue weighted by Crippen LogP contribution is -2.43. The van der Waals surface area contributed by atoms with Gasteiger partial charge in [-0.3, -0.25) is 19.3 Å². The zero-order chi connectivity index (χ0) is 15.0. The van der Waals surface area contributed by atoms with Crippen molar-refractivity contribution in [2.24, 2.45) is 0 Å². The summed E-state index contributed by atoms with van der Waals surface area (Å²) in [6, 6.07) is 3.51. The van der Waals surface area contributed by atoms with E-state index in [0.29, 0.717) is 0 Å². The van der Waals surface area contributed by atoms with Crippen LogP contribution in [0.3, 0.4) is 0 Å². The van der Waals surface area contributed by atoms with E-state index in [1.807, 2.05) is 13.8 Å². The minimum Gasteiger partial charge on any atom is -0.342 e. The number of ketones is 1. The molecule has 0 radical (unpaired) electrons. The average molecular weight is 278 g/mol. The summed E-state index contributed by atoms with van der Waals surface area (Å²) < 4.78 is 13.1. The molecule has 5 nitrogen and oxygen atoms in total. The molecule has 6 heteroatoms. The fourth-order valence-electron chi connectivity index (χ4n) is 1.96. The fraction of sp³-hybridized carbons (Fsp3) is 0.357. The van der Waals surface area contributed by atoms with Gasteiger partial charge in [-0.15, -0.1) is 0 Å². The van der Waals surface area contributed by atoms with Gasteiger partial charge in [0.05, 0.1) is 11.3 Å². The number of amides is 2. The molecule has 0 saturated carbocycles. The Morgan fingerprint density at radius 3 is 2.60 bits per heavy atom. The maximum absolute atomic E-state index is 13.1. The van der Waals surface area contributed by atoms with Crippen LogP contribution >= 0.6 is 0 Å². The second-order valence-corrected chi connectivity index (χ2v) is 4.98. The highest BCUT2D eigenvalue weighted by Crippen LogP contribution is 2.29. The molecule has 0 fully saturated rings. The van der Waals surface area contributed by atoms with Gasteiger partial charge in [-0.1, -0.05) is 0 Å². The fourth-order valence-corrected chi connectivity index (χ4v) is 1.96. The Hall–Kier alpha value is -2.24. The highest BCUT2D eigenvalue weighted by atomic mass is 19.1. The molecule has 0 spiro atoms. The second kappa shape index (κ2) is 5.03. The van der Waals surface area contributed by atoms with Gasteiger partial charge in [0.1, 0.15) is 12.4 Å². The molecule has 0 saturated heterocycles. The molecule has 0 atom stereocenters. The molecule has 0 aromatic heterocycles. The number of benzene rings is 1. The van der Waals surface area contributed by atoms with Crippen molar-refractivity contribution in [3.63, 3.8) is 0 Å². The standard InChI is InChI=1S/C14H15FN2O3/c1-8(2)16(3)12(18)7-17-11-5-4-9(15)6-10(11)13(19)14(17)20/h4-6,8H,7H2,1-3H3. The molecular formula is C14H15FN2O3. The number of Topliss-reactive ketones (excluding diaryl/α,β-unsaturated/α-hetero) is 1. The monoisotopic (exact) mass is 278 g/mol. The number of halogens is 1. The summed E-state index contributed by atoms with van der Waals surface area (Å²) >= 11 is 0. The van der Waals surface area contributed by atoms with Crippen LogP contribution in [-0.4, -0.2) is 42.1 Å². The Bertz CT molecular complexity index is 598. The van der Waals surface area contributed by atoms with Gasteiger partial charge in [0.15, 0.2) is 0 Å². The first kappa shape index (κ1) is 14.2. The summed E-state index contributed by atoms with van der Waals surface area (Å²) in [5.41, 5.74) is 0.293. The molecule has 0 bridgehead atoms. The van der Waals surface area contributed by atoms with Gasteiger partial charge in [-0.05, 0) is 32.0 Å². The Balaban J connectivity index is 2.29. The molecule has 1 aliphatic rings. The average Bonchev–Trinajstić information content (AvgIpc) is 2.62. The van der Waals surface area contributed by atoms with Crippen molar-refractivity contribution in [1.29, 1.82) is 0 Å². The Labute approximate surface area is 116 Å². The number of nitrogens with zero attached hydrogens (tertiary/aromatic N) is 2. The van der Waals surface area contributed by atoms with Gasteiger partial charge in [0, 0.05) is 13.1 Å². The Morgan fingerprint density at radius 1 is 1.35 bits per heavy atom. The molecular weight excluding hydrogens is 263 g/mol. The number of likely N-dealkylation sites (N-methyl/N-ethyl adjacent to an activating group) is 1. The first-order valence-corrected chi connectivity index (χ1v) is 6.24. The van der Waals surface area contributed by atoms with Crippen LogP contribution in [0.5, 0.6) is 0 Å². The molecule has 0 aliphatic carbocycles. The number of hydrogen-bond acceptors (Lipinski definition) is 3. The van der Waals surface area contributed by atoms with Gasteiger partial charge >= 0.3 is 0 Å². The van der Waals surface area contributed by atoms with Crippen molar-refractivity contribution >= 4 is 23.3 Å². The van der Waals surface area contributed by atoms with E-state index in [9.17, 15) is 18.8 Å². The van der Waals surface area contributed by atoms with Gasteiger partial charge in [-0.2, -0.15) is 0 Å². The van der Waals surface area contributed by atoms with Gasteiger partial charge < -0.3 is 4.90 Å². The van der Waals surface area contributed by atoms with E-state index in [-0.39, 0.29) is 29.7 Å². The van der Waals surface area contributed by atoms with E-state index >= 15 is 0 Å². The Morgan fingerprint density at radius 2 is 2.00 bits per heavy atom. The second-order valence-electron chi connectivity index (χ2n) is 4.98. The predicted molar refractivity (Wildman–Crippen MR) is 71.0 cm³/mol. The number of rotatable bonds is 3. The molecule has 2 rings (SSSR count). The zero-order valence-electron chi connectivity index (χ0n) is 11.5. The van der Waals surface area contributed by atoms with Crippen LogP contribution in [0.4, 0.5) is 10.1 Å². The van der Waals surface area contributed by atoms with E-state index < -0.39 is 17.5 Å². The van der Waals surface area contributed by atoms with Crippen molar-refractivity contribution in [2.45, 2.75) is 19.9 Å². The van der Waals surface area contributed by atoms with Gasteiger partial charge in [0.25, 0.3) is 11.7 Å². The van der Waals surface area contributed by atoms with E-state index in [4.69, 9.17) is 0 Å². The third-order valence-corrected chi connectivity index (χ3v) is 3.39. The Kier molecular flexibility index (Phi) is 3.57. The SMILES string of the molecule is CC(C)N(C)C(=O)CN1C(=O)C(=O)c2cc(F)ccc21. The van der Waals surface area contributed by atoms with Crippen molar-refractivity contribution in [3.8, 4) is 0 Å². The third-order valence-electron chi connectivity index (χ3n) is 3.39. The van der Waals surface area contributed by atoms with Crippen LogP contribution in [0.2, 0.25) is 0 Å². The van der Waals surface area contributed by atoms with Crippen molar-refractivity contribution in [3.05, 3.63) is 29.6 Å². The number of carbonyl (C=O) groups is 3. The first-order valence-electron chi connectivity index (χ1n) is 6.24. The topological polar surface area (TPSA) is 57.7 Å². The number of fused-ring (bicyclic) bond motifs is 1. The van der Waals surface area contributed by atoms with Crippen molar-refractivity contribution in [1.82, 2.24) is 4.90 Å². The molecule has 1 heterocycles. The first-order chi connectivity index (χ1) is 9.32. The normalized spacial score (nSPS) is 13.9. The van der Waals surface area contributed by atoms with Crippen LogP contribution in [0.15, 0.2) is 18.2 Å². The number of carbonyl (C=O) groups excluding carboxylic acids is 3. The van der Waals surface area contributed by atoms with Crippen molar-refractivity contribution < 1.29 is 18.8 Å². The van der Waals surface area contributed by atoms with Crippen LogP contribution in [0.1, 0.15) is 24.2 Å². The van der Waals surface area contributed by atoms with E-state index in [2.05, 4.69) is 0 Å². The largest absolute Gasteiger partial charge is 0.342 e. The maximum Gasteiger partial charge on any atom is 0.299 e. The maximum atomic E-state index is 13.1. The van der Waals surface area contributed by atoms with E-state index in [0.717, 1.165) is 17.0 Å². The summed E-state index contributed by atoms with van der Waals surface area (Å²) in [5, 5.41) is 0. The minimum atomic E-state index is -0.795. The van der Waals surface area contributed by atoms with E-state index in [1.165, 1.54) is 11.0 Å². The summed E-state index contributed by atoms with van der Waals surface area (Å²) in [7, 11) is 1.63. The number of hydrogen-bond donors (Lipinski definition) is 0. The summed E-state index contributed by atoms with van der Waals surface area (Å²) in [6.07, 6.45) is 0. The summed E-state index contributed by atoms with van der Waals surface area (Å²) in [4.78, 5) is 38.2. The molecule has 20 heavy (non-hydrogen) atoms. The van der Waals surface area contributed by atoms with Crippen LogP contribution in [0, 0.1) is 5.82 Å². The van der Waals surface area contributed by atoms with Crippen LogP contribution < -0.4 is 4.90 Å². The van der Waals surface area contributed by atoms with Gasteiger partial charge in [-0.25, -0.2) is 4.39 Å². The molecule has 1 aromatic rings. The summed E-state index contributed by atoms with van der Waals surface area (Å²) in [6.45, 7) is 3.47. The van der Waals surface area contributed by atoms with Crippen LogP contribution in [-0.2, 0) is 9.59 Å². The molecule has 1 aliphatic heterocycles. The lowest BCUT2D eigenvalue weighted by atomic mass is 10.1. The predicted octanol–water partition coefficient (Wildman–Crippen LogP) is 1.22. The third kappa shape index (κ3) is 2.29. The minimum absolute atomic E-state index is 0.00926. The highest BCUT2D eigenvalue weighted by Gasteiger charge is 2.37. The van der Waals surface area contributed by atoms with E-state index in [1.54, 1.807) is 7.05 Å². The molecule has 0 unspecified atom stereocenters. The summed E-state index contributed by atoms with van der Waals surface area (Å²) in [5.74, 6) is -2.44. The molecule has 2 amide bonds. The quantitative estimate of drug-likeness (QED) is 0.781. The highest BCUT2D eigenvalue weighted by molar-refractivity contribution is 6.52. The molecule has 106 valence electrons. The van der Waals surface area contributed by atoms with Crippen molar-refractivity contribution in [2.75, 3.05) is 18.5 Å². The van der Waals surface area contributed by atoms with Crippen LogP contribution in [0.25, 0.3) is 0 Å². The smallest absolute Gasteiger partial charge is 0.299 e.